The molecule has 2 amide bonds. The van der Waals surface area contributed by atoms with Crippen LogP contribution in [-0.4, -0.2) is 35.8 Å². The Hall–Kier alpha value is -1.14. The van der Waals surface area contributed by atoms with Gasteiger partial charge in [-0.1, -0.05) is 20.8 Å². The number of carbonyl (C=O) groups is 1. The number of aromatic nitrogens is 1. The monoisotopic (exact) mass is 311 g/mol. The third kappa shape index (κ3) is 4.68. The van der Waals surface area contributed by atoms with Gasteiger partial charge in [-0.15, -0.1) is 11.3 Å². The van der Waals surface area contributed by atoms with Gasteiger partial charge < -0.3 is 15.7 Å². The Morgan fingerprint density at radius 1 is 1.43 bits per heavy atom. The van der Waals surface area contributed by atoms with Crippen molar-refractivity contribution in [2.75, 3.05) is 19.7 Å². The van der Waals surface area contributed by atoms with Gasteiger partial charge in [0.05, 0.1) is 17.3 Å². The second kappa shape index (κ2) is 6.32. The number of carbonyl (C=O) groups excluding carboxylic acids is 1. The highest BCUT2D eigenvalue weighted by atomic mass is 32.1. The van der Waals surface area contributed by atoms with Crippen molar-refractivity contribution < 1.29 is 9.90 Å². The van der Waals surface area contributed by atoms with Crippen LogP contribution in [0.4, 0.5) is 4.79 Å². The summed E-state index contributed by atoms with van der Waals surface area (Å²) in [6, 6.07) is -0.165. The number of nitrogens with zero attached hydrogens (tertiary/aromatic N) is 1. The topological polar surface area (TPSA) is 74.2 Å². The van der Waals surface area contributed by atoms with Crippen molar-refractivity contribution in [2.24, 2.45) is 5.41 Å². The summed E-state index contributed by atoms with van der Waals surface area (Å²) in [6.45, 7) is 7.73. The number of aliphatic hydroxyl groups excluding tert-OH is 1. The van der Waals surface area contributed by atoms with Crippen molar-refractivity contribution in [3.05, 3.63) is 16.1 Å². The second-order valence-corrected chi connectivity index (χ2v) is 7.84. The maximum atomic E-state index is 11.7. The maximum absolute atomic E-state index is 11.7. The molecule has 3 N–H and O–H groups in total. The number of rotatable bonds is 6. The fourth-order valence-electron chi connectivity index (χ4n) is 1.95. The van der Waals surface area contributed by atoms with Crippen molar-refractivity contribution in [3.8, 4) is 0 Å². The van der Waals surface area contributed by atoms with E-state index in [1.807, 2.05) is 0 Å². The first-order valence-electron chi connectivity index (χ1n) is 7.42. The molecule has 1 heterocycles. The number of hydrogen-bond acceptors (Lipinski definition) is 4. The summed E-state index contributed by atoms with van der Waals surface area (Å²) in [5.74, 6) is 0. The van der Waals surface area contributed by atoms with Gasteiger partial charge in [-0.3, -0.25) is 0 Å². The molecule has 0 unspecified atom stereocenters. The van der Waals surface area contributed by atoms with Crippen molar-refractivity contribution in [2.45, 2.75) is 45.4 Å². The molecule has 1 aromatic heterocycles. The predicted molar refractivity (Wildman–Crippen MR) is 84.7 cm³/mol. The lowest BCUT2D eigenvalue weighted by Gasteiger charge is -2.14. The average Bonchev–Trinajstić information content (AvgIpc) is 3.04. The van der Waals surface area contributed by atoms with Gasteiger partial charge >= 0.3 is 6.03 Å². The molecule has 1 aliphatic carbocycles. The van der Waals surface area contributed by atoms with Crippen LogP contribution in [0.5, 0.6) is 0 Å². The lowest BCUT2D eigenvalue weighted by molar-refractivity contribution is 0.203. The second-order valence-electron chi connectivity index (χ2n) is 6.89. The van der Waals surface area contributed by atoms with Gasteiger partial charge in [0, 0.05) is 35.7 Å². The highest BCUT2D eigenvalue weighted by molar-refractivity contribution is 7.09. The maximum Gasteiger partial charge on any atom is 0.314 e. The van der Waals surface area contributed by atoms with E-state index >= 15 is 0 Å². The molecule has 2 rings (SSSR count). The summed E-state index contributed by atoms with van der Waals surface area (Å²) >= 11 is 1.64. The molecule has 1 fully saturated rings. The Morgan fingerprint density at radius 3 is 2.67 bits per heavy atom. The van der Waals surface area contributed by atoms with E-state index < -0.39 is 0 Å². The van der Waals surface area contributed by atoms with Gasteiger partial charge in [0.1, 0.15) is 0 Å². The zero-order chi connectivity index (χ0) is 15.5. The molecule has 0 saturated heterocycles. The molecule has 21 heavy (non-hydrogen) atoms. The number of thiazole rings is 1. The highest BCUT2D eigenvalue weighted by Crippen LogP contribution is 2.44. The quantitative estimate of drug-likeness (QED) is 0.753. The Labute approximate surface area is 130 Å². The number of hydrogen-bond donors (Lipinski definition) is 3. The number of nitrogens with one attached hydrogen (secondary N) is 2. The van der Waals surface area contributed by atoms with Crippen LogP contribution in [0.2, 0.25) is 0 Å². The van der Waals surface area contributed by atoms with Gasteiger partial charge in [0.2, 0.25) is 0 Å². The first-order valence-corrected chi connectivity index (χ1v) is 8.30. The van der Waals surface area contributed by atoms with Crippen LogP contribution >= 0.6 is 11.3 Å². The minimum Gasteiger partial charge on any atom is -0.396 e. The van der Waals surface area contributed by atoms with Crippen LogP contribution in [0.25, 0.3) is 0 Å². The van der Waals surface area contributed by atoms with Gasteiger partial charge in [0.15, 0.2) is 0 Å². The first-order chi connectivity index (χ1) is 9.85. The molecule has 0 radical (unpaired) electrons. The van der Waals surface area contributed by atoms with E-state index in [0.29, 0.717) is 13.1 Å². The van der Waals surface area contributed by atoms with E-state index in [2.05, 4.69) is 41.8 Å². The van der Waals surface area contributed by atoms with E-state index in [4.69, 9.17) is 0 Å². The molecule has 1 aromatic rings. The van der Waals surface area contributed by atoms with Crippen LogP contribution < -0.4 is 10.6 Å². The lowest BCUT2D eigenvalue weighted by Crippen LogP contribution is -2.40. The smallest absolute Gasteiger partial charge is 0.314 e. The number of urea groups is 1. The molecular weight excluding hydrogens is 286 g/mol. The van der Waals surface area contributed by atoms with E-state index in [9.17, 15) is 9.90 Å². The molecule has 118 valence electrons. The fourth-order valence-corrected chi connectivity index (χ4v) is 2.98. The highest BCUT2D eigenvalue weighted by Gasteiger charge is 2.42. The normalized spacial score (nSPS) is 16.6. The molecule has 0 bridgehead atoms. The molecular formula is C15H25N3O2S. The van der Waals surface area contributed by atoms with Crippen LogP contribution in [0.15, 0.2) is 5.38 Å². The van der Waals surface area contributed by atoms with Gasteiger partial charge in [0.25, 0.3) is 0 Å². The summed E-state index contributed by atoms with van der Waals surface area (Å²) in [7, 11) is 0. The zero-order valence-corrected chi connectivity index (χ0v) is 13.8. The molecule has 6 heteroatoms. The average molecular weight is 311 g/mol. The summed E-state index contributed by atoms with van der Waals surface area (Å²) in [6.07, 6.45) is 2.75. The Morgan fingerprint density at radius 2 is 2.14 bits per heavy atom. The summed E-state index contributed by atoms with van der Waals surface area (Å²) in [5.41, 5.74) is 1.13. The minimum atomic E-state index is -0.165. The zero-order valence-electron chi connectivity index (χ0n) is 13.0. The standard InChI is InChI=1S/C15H25N3O2S/c1-14(2,3)11-8-21-12(18-11)4-7-16-13(20)17-9-15(10-19)5-6-15/h8,19H,4-7,9-10H2,1-3H3,(H2,16,17,20). The van der Waals surface area contributed by atoms with Gasteiger partial charge in [-0.05, 0) is 12.8 Å². The van der Waals surface area contributed by atoms with Crippen molar-refractivity contribution in [1.29, 1.82) is 0 Å². The lowest BCUT2D eigenvalue weighted by atomic mass is 9.93. The van der Waals surface area contributed by atoms with E-state index in [0.717, 1.165) is 30.0 Å². The molecule has 0 spiro atoms. The Balaban J connectivity index is 1.67. The Bertz CT molecular complexity index is 489. The van der Waals surface area contributed by atoms with Crippen molar-refractivity contribution in [1.82, 2.24) is 15.6 Å². The molecule has 0 atom stereocenters. The number of amides is 2. The van der Waals surface area contributed by atoms with Crippen molar-refractivity contribution >= 4 is 17.4 Å². The minimum absolute atomic E-state index is 0.0474. The fraction of sp³-hybridized carbons (Fsp3) is 0.733. The first kappa shape index (κ1) is 16.2. The van der Waals surface area contributed by atoms with Crippen molar-refractivity contribution in [3.63, 3.8) is 0 Å². The Kier molecular flexibility index (Phi) is 4.88. The van der Waals surface area contributed by atoms with E-state index in [-0.39, 0.29) is 23.5 Å². The molecule has 0 aliphatic heterocycles. The van der Waals surface area contributed by atoms with Gasteiger partial charge in [-0.2, -0.15) is 0 Å². The third-order valence-corrected chi connectivity index (χ3v) is 4.77. The largest absolute Gasteiger partial charge is 0.396 e. The van der Waals surface area contributed by atoms with E-state index in [1.54, 1.807) is 11.3 Å². The van der Waals surface area contributed by atoms with Crippen LogP contribution in [0, 0.1) is 5.41 Å². The molecule has 5 nitrogen and oxygen atoms in total. The number of aliphatic hydroxyl groups is 1. The predicted octanol–water partition coefficient (Wildman–Crippen LogP) is 2.05. The van der Waals surface area contributed by atoms with Crippen LogP contribution in [0.3, 0.4) is 0 Å². The van der Waals surface area contributed by atoms with E-state index in [1.165, 1.54) is 0 Å². The molecule has 0 aromatic carbocycles. The van der Waals surface area contributed by atoms with Crippen LogP contribution in [0.1, 0.15) is 44.3 Å². The SMILES string of the molecule is CC(C)(C)c1csc(CCNC(=O)NCC2(CO)CC2)n1. The molecule has 1 aliphatic rings. The summed E-state index contributed by atoms with van der Waals surface area (Å²) in [4.78, 5) is 16.3. The molecule has 1 saturated carbocycles. The summed E-state index contributed by atoms with van der Waals surface area (Å²) < 4.78 is 0. The van der Waals surface area contributed by atoms with Gasteiger partial charge in [-0.25, -0.2) is 9.78 Å². The van der Waals surface area contributed by atoms with Crippen LogP contribution in [-0.2, 0) is 11.8 Å². The third-order valence-electron chi connectivity index (χ3n) is 3.86. The summed E-state index contributed by atoms with van der Waals surface area (Å²) in [5, 5.41) is 18.0.